The second-order valence-corrected chi connectivity index (χ2v) is 7.39. The molecule has 0 heterocycles. The summed E-state index contributed by atoms with van der Waals surface area (Å²) in [5, 5.41) is 7.14. The maximum Gasteiger partial charge on any atom is 0.407 e. The third-order valence-corrected chi connectivity index (χ3v) is 3.95. The summed E-state index contributed by atoms with van der Waals surface area (Å²) in [6.07, 6.45) is 2.49. The van der Waals surface area contributed by atoms with Crippen molar-refractivity contribution in [3.05, 3.63) is 28.8 Å². The number of nitrogens with one attached hydrogen (secondary N) is 2. The van der Waals surface area contributed by atoms with Crippen LogP contribution >= 0.6 is 11.6 Å². The third-order valence-electron chi connectivity index (χ3n) is 3.64. The molecular weight excluding hydrogens is 300 g/mol. The van der Waals surface area contributed by atoms with Crippen LogP contribution in [0, 0.1) is 6.92 Å². The minimum atomic E-state index is -0.463. The van der Waals surface area contributed by atoms with Gasteiger partial charge in [-0.15, -0.1) is 0 Å². The van der Waals surface area contributed by atoms with Crippen molar-refractivity contribution in [3.8, 4) is 0 Å². The zero-order valence-corrected chi connectivity index (χ0v) is 14.5. The molecule has 2 N–H and O–H groups in total. The highest BCUT2D eigenvalue weighted by Crippen LogP contribution is 2.28. The van der Waals surface area contributed by atoms with Crippen LogP contribution < -0.4 is 10.6 Å². The first-order valence-corrected chi connectivity index (χ1v) is 8.13. The van der Waals surface area contributed by atoms with Crippen molar-refractivity contribution in [2.75, 3.05) is 5.32 Å². The quantitative estimate of drug-likeness (QED) is 0.860. The van der Waals surface area contributed by atoms with E-state index in [4.69, 9.17) is 16.3 Å². The fraction of sp³-hybridized carbons (Fsp3) is 0.588. The van der Waals surface area contributed by atoms with Crippen LogP contribution in [0.4, 0.5) is 10.5 Å². The van der Waals surface area contributed by atoms with Crippen molar-refractivity contribution >= 4 is 23.4 Å². The lowest BCUT2D eigenvalue weighted by molar-refractivity contribution is 0.0505. The molecule has 4 nitrogen and oxygen atoms in total. The Bertz CT molecular complexity index is 540. The lowest BCUT2D eigenvalue weighted by atomic mass is 10.2. The summed E-state index contributed by atoms with van der Waals surface area (Å²) in [6, 6.07) is 6.47. The number of rotatable bonds is 3. The van der Waals surface area contributed by atoms with Crippen molar-refractivity contribution in [3.63, 3.8) is 0 Å². The van der Waals surface area contributed by atoms with E-state index in [0.717, 1.165) is 35.5 Å². The summed E-state index contributed by atoms with van der Waals surface area (Å²) >= 11 is 6.25. The Morgan fingerprint density at radius 2 is 1.95 bits per heavy atom. The van der Waals surface area contributed by atoms with Crippen LogP contribution in [0.15, 0.2) is 18.2 Å². The van der Waals surface area contributed by atoms with Crippen LogP contribution in [0.5, 0.6) is 0 Å². The largest absolute Gasteiger partial charge is 0.444 e. The molecule has 122 valence electrons. The van der Waals surface area contributed by atoms with Crippen molar-refractivity contribution in [1.82, 2.24) is 5.32 Å². The molecule has 0 bridgehead atoms. The molecule has 22 heavy (non-hydrogen) atoms. The van der Waals surface area contributed by atoms with Gasteiger partial charge in [0.25, 0.3) is 0 Å². The van der Waals surface area contributed by atoms with Gasteiger partial charge >= 0.3 is 6.09 Å². The van der Waals surface area contributed by atoms with Crippen molar-refractivity contribution in [2.24, 2.45) is 0 Å². The van der Waals surface area contributed by atoms with E-state index in [9.17, 15) is 4.79 Å². The molecule has 1 saturated carbocycles. The van der Waals surface area contributed by atoms with Crippen molar-refractivity contribution < 1.29 is 9.53 Å². The number of anilines is 1. The molecule has 2 atom stereocenters. The van der Waals surface area contributed by atoms with E-state index < -0.39 is 5.60 Å². The van der Waals surface area contributed by atoms with E-state index in [1.165, 1.54) is 0 Å². The van der Waals surface area contributed by atoms with Gasteiger partial charge in [-0.25, -0.2) is 4.79 Å². The number of carbonyl (C=O) groups is 1. The molecule has 1 aromatic rings. The highest BCUT2D eigenvalue weighted by atomic mass is 35.5. The van der Waals surface area contributed by atoms with E-state index >= 15 is 0 Å². The first kappa shape index (κ1) is 16.9. The van der Waals surface area contributed by atoms with E-state index in [-0.39, 0.29) is 12.1 Å². The van der Waals surface area contributed by atoms with Crippen LogP contribution in [0.25, 0.3) is 0 Å². The number of amides is 1. The van der Waals surface area contributed by atoms with Gasteiger partial charge in [-0.05, 0) is 64.7 Å². The van der Waals surface area contributed by atoms with Gasteiger partial charge in [0, 0.05) is 12.1 Å². The van der Waals surface area contributed by atoms with Crippen LogP contribution in [-0.2, 0) is 4.74 Å². The molecule has 1 amide bonds. The fourth-order valence-electron chi connectivity index (χ4n) is 2.68. The SMILES string of the molecule is Cc1ccc(NC2CCC(NC(=O)OC(C)(C)C)C2)c(Cl)c1. The normalized spacial score (nSPS) is 21.5. The maximum atomic E-state index is 11.8. The molecular formula is C17H25ClN2O2. The molecule has 0 spiro atoms. The molecule has 1 aliphatic carbocycles. The molecule has 5 heteroatoms. The zero-order chi connectivity index (χ0) is 16.3. The average molecular weight is 325 g/mol. The number of hydrogen-bond donors (Lipinski definition) is 2. The van der Waals surface area contributed by atoms with E-state index in [1.807, 2.05) is 45.9 Å². The molecule has 0 saturated heterocycles. The number of aryl methyl sites for hydroxylation is 1. The summed E-state index contributed by atoms with van der Waals surface area (Å²) in [7, 11) is 0. The van der Waals surface area contributed by atoms with Gasteiger partial charge in [-0.3, -0.25) is 0 Å². The van der Waals surface area contributed by atoms with Crippen LogP contribution in [0.2, 0.25) is 5.02 Å². The number of ether oxygens (including phenoxy) is 1. The van der Waals surface area contributed by atoms with Gasteiger partial charge in [-0.1, -0.05) is 17.7 Å². The molecule has 0 aliphatic heterocycles. The summed E-state index contributed by atoms with van der Waals surface area (Å²) in [5.41, 5.74) is 1.64. The smallest absolute Gasteiger partial charge is 0.407 e. The topological polar surface area (TPSA) is 50.4 Å². The summed E-state index contributed by atoms with van der Waals surface area (Å²) in [5.74, 6) is 0. The number of hydrogen-bond acceptors (Lipinski definition) is 3. The summed E-state index contributed by atoms with van der Waals surface area (Å²) in [6.45, 7) is 7.62. The van der Waals surface area contributed by atoms with Gasteiger partial charge in [0.1, 0.15) is 5.60 Å². The Morgan fingerprint density at radius 3 is 2.59 bits per heavy atom. The zero-order valence-electron chi connectivity index (χ0n) is 13.7. The molecule has 0 radical (unpaired) electrons. The van der Waals surface area contributed by atoms with Crippen molar-refractivity contribution in [1.29, 1.82) is 0 Å². The third kappa shape index (κ3) is 5.09. The fourth-order valence-corrected chi connectivity index (χ4v) is 2.96. The lowest BCUT2D eigenvalue weighted by Gasteiger charge is -2.22. The van der Waals surface area contributed by atoms with Gasteiger partial charge < -0.3 is 15.4 Å². The van der Waals surface area contributed by atoms with E-state index in [1.54, 1.807) is 0 Å². The Kier molecular flexibility index (Phi) is 5.22. The van der Waals surface area contributed by atoms with Gasteiger partial charge in [0.2, 0.25) is 0 Å². The molecule has 0 aromatic heterocycles. The van der Waals surface area contributed by atoms with Crippen LogP contribution in [0.1, 0.15) is 45.6 Å². The van der Waals surface area contributed by atoms with Crippen LogP contribution in [0.3, 0.4) is 0 Å². The van der Waals surface area contributed by atoms with Gasteiger partial charge in [0.15, 0.2) is 0 Å². The summed E-state index contributed by atoms with van der Waals surface area (Å²) in [4.78, 5) is 11.8. The lowest BCUT2D eigenvalue weighted by Crippen LogP contribution is -2.38. The van der Waals surface area contributed by atoms with Crippen molar-refractivity contribution in [2.45, 2.75) is 64.6 Å². The van der Waals surface area contributed by atoms with E-state index in [2.05, 4.69) is 10.6 Å². The minimum absolute atomic E-state index is 0.150. The predicted octanol–water partition coefficient (Wildman–Crippen LogP) is 4.51. The Balaban J connectivity index is 1.84. The van der Waals surface area contributed by atoms with E-state index in [0.29, 0.717) is 6.04 Å². The molecule has 1 fully saturated rings. The predicted molar refractivity (Wildman–Crippen MR) is 90.6 cm³/mol. The maximum absolute atomic E-state index is 11.8. The first-order valence-electron chi connectivity index (χ1n) is 7.75. The second kappa shape index (κ2) is 6.78. The number of carbonyl (C=O) groups excluding carboxylic acids is 1. The highest BCUT2D eigenvalue weighted by Gasteiger charge is 2.27. The Morgan fingerprint density at radius 1 is 1.27 bits per heavy atom. The molecule has 2 unspecified atom stereocenters. The number of alkyl carbamates (subject to hydrolysis) is 1. The average Bonchev–Trinajstić information content (AvgIpc) is 2.77. The molecule has 2 rings (SSSR count). The first-order chi connectivity index (χ1) is 10.2. The monoisotopic (exact) mass is 324 g/mol. The Hall–Kier alpha value is -1.42. The highest BCUT2D eigenvalue weighted by molar-refractivity contribution is 6.33. The molecule has 1 aliphatic rings. The van der Waals surface area contributed by atoms with Gasteiger partial charge in [-0.2, -0.15) is 0 Å². The molecule has 1 aromatic carbocycles. The number of benzene rings is 1. The second-order valence-electron chi connectivity index (χ2n) is 6.98. The summed E-state index contributed by atoms with van der Waals surface area (Å²) < 4.78 is 5.29. The number of halogens is 1. The van der Waals surface area contributed by atoms with Crippen LogP contribution in [-0.4, -0.2) is 23.8 Å². The standard InChI is InChI=1S/C17H25ClN2O2/c1-11-5-8-15(14(18)9-11)19-12-6-7-13(10-12)20-16(21)22-17(2,3)4/h5,8-9,12-13,19H,6-7,10H2,1-4H3,(H,20,21). The van der Waals surface area contributed by atoms with Gasteiger partial charge in [0.05, 0.1) is 10.7 Å². The minimum Gasteiger partial charge on any atom is -0.444 e. The Labute approximate surface area is 137 Å².